The fourth-order valence-corrected chi connectivity index (χ4v) is 2.82. The van der Waals surface area contributed by atoms with E-state index in [2.05, 4.69) is 10.3 Å². The van der Waals surface area contributed by atoms with Crippen LogP contribution in [-0.4, -0.2) is 19.3 Å². The first kappa shape index (κ1) is 17.7. The van der Waals surface area contributed by atoms with E-state index in [1.54, 1.807) is 24.3 Å². The number of nitrogens with zero attached hydrogens (tertiary/aromatic N) is 1. The van der Waals surface area contributed by atoms with Gasteiger partial charge in [0.1, 0.15) is 11.5 Å². The molecular formula is C18H14FN3O3S. The smallest absolute Gasteiger partial charge is 0.255 e. The Morgan fingerprint density at radius 1 is 1.00 bits per heavy atom. The molecule has 0 aliphatic rings. The van der Waals surface area contributed by atoms with Gasteiger partial charge in [-0.25, -0.2) is 17.9 Å². The van der Waals surface area contributed by atoms with Crippen LogP contribution in [0.1, 0.15) is 10.4 Å². The van der Waals surface area contributed by atoms with E-state index in [-0.39, 0.29) is 16.5 Å². The fourth-order valence-electron chi connectivity index (χ4n) is 2.31. The number of carbonyl (C=O) groups is 1. The van der Waals surface area contributed by atoms with Gasteiger partial charge in [0, 0.05) is 23.0 Å². The van der Waals surface area contributed by atoms with Crippen LogP contribution in [0.2, 0.25) is 0 Å². The molecule has 0 unspecified atom stereocenters. The van der Waals surface area contributed by atoms with Crippen molar-refractivity contribution < 1.29 is 17.6 Å². The summed E-state index contributed by atoms with van der Waals surface area (Å²) in [5.41, 5.74) is 1.54. The van der Waals surface area contributed by atoms with Crippen LogP contribution >= 0.6 is 0 Å². The lowest BCUT2D eigenvalue weighted by molar-refractivity contribution is 0.102. The second-order valence-electron chi connectivity index (χ2n) is 5.43. The number of hydrogen-bond donors (Lipinski definition) is 2. The largest absolute Gasteiger partial charge is 0.322 e. The first-order valence-corrected chi connectivity index (χ1v) is 9.04. The summed E-state index contributed by atoms with van der Waals surface area (Å²) in [7, 11) is -3.78. The third-order valence-corrected chi connectivity index (χ3v) is 4.55. The average molecular weight is 371 g/mol. The predicted molar refractivity (Wildman–Crippen MR) is 95.4 cm³/mol. The number of nitrogens with one attached hydrogen (secondary N) is 1. The average Bonchev–Trinajstić information content (AvgIpc) is 2.62. The van der Waals surface area contributed by atoms with Crippen LogP contribution in [0.4, 0.5) is 10.1 Å². The highest BCUT2D eigenvalue weighted by atomic mass is 32.2. The lowest BCUT2D eigenvalue weighted by Crippen LogP contribution is -2.13. The van der Waals surface area contributed by atoms with Crippen molar-refractivity contribution in [2.75, 3.05) is 5.32 Å². The zero-order chi connectivity index (χ0) is 18.7. The molecule has 2 aromatic carbocycles. The summed E-state index contributed by atoms with van der Waals surface area (Å²) < 4.78 is 36.2. The van der Waals surface area contributed by atoms with Crippen LogP contribution in [-0.2, 0) is 10.0 Å². The molecule has 3 aromatic rings. The Labute approximate surface area is 149 Å². The summed E-state index contributed by atoms with van der Waals surface area (Å²) in [5, 5.41) is 7.67. The maximum absolute atomic E-state index is 13.7. The van der Waals surface area contributed by atoms with Gasteiger partial charge in [0.15, 0.2) is 0 Å². The van der Waals surface area contributed by atoms with Gasteiger partial charge in [-0.1, -0.05) is 12.1 Å². The van der Waals surface area contributed by atoms with Crippen LogP contribution in [0.5, 0.6) is 0 Å². The molecule has 0 radical (unpaired) electrons. The Balaban J connectivity index is 1.75. The number of rotatable bonds is 4. The molecule has 0 spiro atoms. The number of halogens is 1. The van der Waals surface area contributed by atoms with E-state index in [0.29, 0.717) is 16.8 Å². The number of benzene rings is 2. The van der Waals surface area contributed by atoms with Crippen LogP contribution in [0, 0.1) is 5.82 Å². The van der Waals surface area contributed by atoms with Gasteiger partial charge in [0.25, 0.3) is 5.91 Å². The number of hydrogen-bond acceptors (Lipinski definition) is 4. The normalized spacial score (nSPS) is 11.2. The topological polar surface area (TPSA) is 102 Å². The molecule has 0 saturated carbocycles. The molecule has 0 bridgehead atoms. The first-order chi connectivity index (χ1) is 12.3. The van der Waals surface area contributed by atoms with Crippen LogP contribution in [0.3, 0.4) is 0 Å². The molecule has 1 heterocycles. The monoisotopic (exact) mass is 371 g/mol. The van der Waals surface area contributed by atoms with Crippen molar-refractivity contribution >= 4 is 21.6 Å². The summed E-state index contributed by atoms with van der Waals surface area (Å²) in [6, 6.07) is 14.6. The molecule has 1 amide bonds. The quantitative estimate of drug-likeness (QED) is 0.736. The van der Waals surface area contributed by atoms with Crippen molar-refractivity contribution in [1.82, 2.24) is 4.98 Å². The van der Waals surface area contributed by atoms with Gasteiger partial charge in [0.05, 0.1) is 4.90 Å². The molecule has 6 nitrogen and oxygen atoms in total. The third kappa shape index (κ3) is 3.93. The number of primary sulfonamides is 1. The second-order valence-corrected chi connectivity index (χ2v) is 7.00. The Bertz CT molecular complexity index is 1050. The van der Waals surface area contributed by atoms with Crippen molar-refractivity contribution in [3.8, 4) is 11.3 Å². The maximum Gasteiger partial charge on any atom is 0.255 e. The highest BCUT2D eigenvalue weighted by Gasteiger charge is 2.11. The number of sulfonamides is 1. The van der Waals surface area contributed by atoms with Gasteiger partial charge in [0.2, 0.25) is 10.0 Å². The van der Waals surface area contributed by atoms with Crippen LogP contribution in [0.25, 0.3) is 11.3 Å². The van der Waals surface area contributed by atoms with E-state index in [9.17, 15) is 17.6 Å². The van der Waals surface area contributed by atoms with E-state index >= 15 is 0 Å². The summed E-state index contributed by atoms with van der Waals surface area (Å²) in [6.45, 7) is 0. The van der Waals surface area contributed by atoms with Crippen molar-refractivity contribution in [2.24, 2.45) is 5.14 Å². The van der Waals surface area contributed by atoms with E-state index < -0.39 is 15.8 Å². The number of carbonyl (C=O) groups excluding carboxylic acids is 1. The minimum Gasteiger partial charge on any atom is -0.322 e. The van der Waals surface area contributed by atoms with Gasteiger partial charge >= 0.3 is 0 Å². The zero-order valence-corrected chi connectivity index (χ0v) is 14.2. The van der Waals surface area contributed by atoms with Gasteiger partial charge in [-0.2, -0.15) is 0 Å². The molecule has 0 fully saturated rings. The van der Waals surface area contributed by atoms with Crippen LogP contribution < -0.4 is 10.5 Å². The number of anilines is 1. The van der Waals surface area contributed by atoms with Gasteiger partial charge in [-0.3, -0.25) is 9.78 Å². The summed E-state index contributed by atoms with van der Waals surface area (Å²) in [6.07, 6.45) is 1.49. The van der Waals surface area contributed by atoms with E-state index in [4.69, 9.17) is 5.14 Å². The molecule has 0 aliphatic carbocycles. The molecule has 8 heteroatoms. The summed E-state index contributed by atoms with van der Waals surface area (Å²) in [5.74, 6) is -0.832. The van der Waals surface area contributed by atoms with E-state index in [0.717, 1.165) is 0 Å². The molecule has 3 N–H and O–H groups in total. The lowest BCUT2D eigenvalue weighted by atomic mass is 10.1. The van der Waals surface area contributed by atoms with Gasteiger partial charge in [-0.15, -0.1) is 0 Å². The Kier molecular flexibility index (Phi) is 4.79. The molecule has 132 valence electrons. The van der Waals surface area contributed by atoms with Crippen LogP contribution in [0.15, 0.2) is 71.8 Å². The second kappa shape index (κ2) is 7.03. The summed E-state index contributed by atoms with van der Waals surface area (Å²) in [4.78, 5) is 16.2. The Hall–Kier alpha value is -3.10. The number of pyridine rings is 1. The molecular weight excluding hydrogens is 357 g/mol. The van der Waals surface area contributed by atoms with Crippen molar-refractivity contribution in [3.63, 3.8) is 0 Å². The first-order valence-electron chi connectivity index (χ1n) is 7.50. The van der Waals surface area contributed by atoms with Crippen molar-refractivity contribution in [2.45, 2.75) is 4.90 Å². The van der Waals surface area contributed by atoms with Gasteiger partial charge in [-0.05, 0) is 48.5 Å². The highest BCUT2D eigenvalue weighted by molar-refractivity contribution is 7.89. The minimum absolute atomic E-state index is 0.0442. The minimum atomic E-state index is -3.78. The fraction of sp³-hybridized carbons (Fsp3) is 0. The van der Waals surface area contributed by atoms with Crippen molar-refractivity contribution in [1.29, 1.82) is 0 Å². The molecule has 0 saturated heterocycles. The lowest BCUT2D eigenvalue weighted by Gasteiger charge is -2.07. The van der Waals surface area contributed by atoms with Gasteiger partial charge < -0.3 is 5.32 Å². The number of aromatic nitrogens is 1. The summed E-state index contributed by atoms with van der Waals surface area (Å²) >= 11 is 0. The van der Waals surface area contributed by atoms with E-state index in [1.165, 1.54) is 42.6 Å². The maximum atomic E-state index is 13.7. The zero-order valence-electron chi connectivity index (χ0n) is 13.4. The number of nitrogens with two attached hydrogens (primary N) is 1. The standard InChI is InChI=1S/C18H14FN3O3S/c19-16-2-1-11-21-17(16)12-3-5-13(6-4-12)18(23)22-14-7-9-15(10-8-14)26(20,24)25/h1-11H,(H,22,23)(H2,20,24,25). The third-order valence-electron chi connectivity index (χ3n) is 3.62. The predicted octanol–water partition coefficient (Wildman–Crippen LogP) is 2.79. The molecule has 0 atom stereocenters. The Morgan fingerprint density at radius 3 is 2.23 bits per heavy atom. The molecule has 0 aliphatic heterocycles. The Morgan fingerprint density at radius 2 is 1.65 bits per heavy atom. The van der Waals surface area contributed by atoms with Crippen molar-refractivity contribution in [3.05, 3.63) is 78.2 Å². The molecule has 26 heavy (non-hydrogen) atoms. The number of amides is 1. The van der Waals surface area contributed by atoms with E-state index in [1.807, 2.05) is 0 Å². The molecule has 1 aromatic heterocycles. The highest BCUT2D eigenvalue weighted by Crippen LogP contribution is 2.21. The SMILES string of the molecule is NS(=O)(=O)c1ccc(NC(=O)c2ccc(-c3ncccc3F)cc2)cc1. The molecule has 3 rings (SSSR count).